The van der Waals surface area contributed by atoms with Crippen molar-refractivity contribution < 1.29 is 5.11 Å². The third-order valence-electron chi connectivity index (χ3n) is 3.78. The molecule has 2 heteroatoms. The quantitative estimate of drug-likeness (QED) is 0.698. The Morgan fingerprint density at radius 3 is 3.00 bits per heavy atom. The lowest BCUT2D eigenvalue weighted by atomic mass is 9.86. The smallest absolute Gasteiger partial charge is 0.0948 e. The average Bonchev–Trinajstić information content (AvgIpc) is 2.30. The summed E-state index contributed by atoms with van der Waals surface area (Å²) < 4.78 is 0. The van der Waals surface area contributed by atoms with Crippen molar-refractivity contribution in [2.24, 2.45) is 0 Å². The van der Waals surface area contributed by atoms with Gasteiger partial charge in [-0.05, 0) is 30.5 Å². The van der Waals surface area contributed by atoms with E-state index in [0.717, 1.165) is 25.1 Å². The largest absolute Gasteiger partial charge is 0.387 e. The van der Waals surface area contributed by atoms with E-state index < -0.39 is 0 Å². The first kappa shape index (κ1) is 9.37. The van der Waals surface area contributed by atoms with Gasteiger partial charge in [-0.15, -0.1) is 0 Å². The van der Waals surface area contributed by atoms with Gasteiger partial charge in [0, 0.05) is 12.6 Å². The van der Waals surface area contributed by atoms with Crippen LogP contribution in [0, 0.1) is 0 Å². The number of benzene rings is 1. The van der Waals surface area contributed by atoms with E-state index in [0.29, 0.717) is 6.04 Å². The molecule has 1 aromatic carbocycles. The van der Waals surface area contributed by atoms with E-state index in [9.17, 15) is 5.11 Å². The molecule has 0 unspecified atom stereocenters. The van der Waals surface area contributed by atoms with Gasteiger partial charge in [-0.3, -0.25) is 4.90 Å². The summed E-state index contributed by atoms with van der Waals surface area (Å²) in [7, 11) is 0. The second-order valence-corrected chi connectivity index (χ2v) is 4.68. The van der Waals surface area contributed by atoms with Crippen LogP contribution in [0.25, 0.3) is 0 Å². The van der Waals surface area contributed by atoms with Crippen LogP contribution in [-0.2, 0) is 6.54 Å². The Morgan fingerprint density at radius 2 is 2.07 bits per heavy atom. The Kier molecular flexibility index (Phi) is 2.26. The van der Waals surface area contributed by atoms with Crippen molar-refractivity contribution >= 4 is 0 Å². The molecule has 2 aliphatic heterocycles. The van der Waals surface area contributed by atoms with Gasteiger partial charge in [-0.25, -0.2) is 0 Å². The van der Waals surface area contributed by atoms with E-state index in [1.165, 1.54) is 18.4 Å². The van der Waals surface area contributed by atoms with Gasteiger partial charge >= 0.3 is 0 Å². The Labute approximate surface area is 90.5 Å². The van der Waals surface area contributed by atoms with Gasteiger partial charge in [-0.2, -0.15) is 0 Å². The fraction of sp³-hybridized carbons (Fsp3) is 0.538. The van der Waals surface area contributed by atoms with Crippen LogP contribution in [0.2, 0.25) is 0 Å². The molecular weight excluding hydrogens is 186 g/mol. The topological polar surface area (TPSA) is 23.5 Å². The minimum Gasteiger partial charge on any atom is -0.387 e. The lowest BCUT2D eigenvalue weighted by Gasteiger charge is -2.43. The maximum Gasteiger partial charge on any atom is 0.0948 e. The molecule has 0 spiro atoms. The lowest BCUT2D eigenvalue weighted by Crippen LogP contribution is -2.46. The van der Waals surface area contributed by atoms with E-state index in [1.807, 2.05) is 6.07 Å². The molecule has 80 valence electrons. The highest BCUT2D eigenvalue weighted by atomic mass is 16.3. The van der Waals surface area contributed by atoms with Crippen molar-refractivity contribution in [2.75, 3.05) is 6.54 Å². The number of fused-ring (bicyclic) bond motifs is 2. The van der Waals surface area contributed by atoms with E-state index in [2.05, 4.69) is 23.1 Å². The zero-order valence-corrected chi connectivity index (χ0v) is 8.89. The first-order chi connectivity index (χ1) is 7.36. The summed E-state index contributed by atoms with van der Waals surface area (Å²) in [5.41, 5.74) is 2.46. The molecule has 0 aliphatic carbocycles. The van der Waals surface area contributed by atoms with E-state index >= 15 is 0 Å². The predicted molar refractivity (Wildman–Crippen MR) is 59.5 cm³/mol. The monoisotopic (exact) mass is 203 g/mol. The normalized spacial score (nSPS) is 30.7. The molecule has 15 heavy (non-hydrogen) atoms. The molecule has 1 fully saturated rings. The first-order valence-corrected chi connectivity index (χ1v) is 5.86. The summed E-state index contributed by atoms with van der Waals surface area (Å²) in [5.74, 6) is 0. The summed E-state index contributed by atoms with van der Waals surface area (Å²) in [6.07, 6.45) is 3.43. The molecular formula is C13H17NO. The second-order valence-electron chi connectivity index (χ2n) is 4.68. The van der Waals surface area contributed by atoms with Gasteiger partial charge in [-0.1, -0.05) is 30.7 Å². The Bertz CT molecular complexity index is 363. The highest BCUT2D eigenvalue weighted by molar-refractivity contribution is 5.32. The van der Waals surface area contributed by atoms with Crippen LogP contribution >= 0.6 is 0 Å². The summed E-state index contributed by atoms with van der Waals surface area (Å²) >= 11 is 0. The molecule has 0 bridgehead atoms. The number of aliphatic hydroxyl groups excluding tert-OH is 1. The van der Waals surface area contributed by atoms with Crippen molar-refractivity contribution in [3.05, 3.63) is 35.4 Å². The third-order valence-corrected chi connectivity index (χ3v) is 3.78. The summed E-state index contributed by atoms with van der Waals surface area (Å²) in [4.78, 5) is 2.44. The summed E-state index contributed by atoms with van der Waals surface area (Å²) in [5, 5.41) is 10.3. The van der Waals surface area contributed by atoms with Crippen LogP contribution in [0.5, 0.6) is 0 Å². The Morgan fingerprint density at radius 1 is 1.20 bits per heavy atom. The molecule has 0 radical (unpaired) electrons. The van der Waals surface area contributed by atoms with Crippen LogP contribution in [0.1, 0.15) is 36.5 Å². The Balaban J connectivity index is 1.98. The van der Waals surface area contributed by atoms with Gasteiger partial charge in [0.15, 0.2) is 0 Å². The molecule has 2 heterocycles. The average molecular weight is 203 g/mol. The molecule has 0 saturated carbocycles. The third kappa shape index (κ3) is 1.48. The van der Waals surface area contributed by atoms with Crippen molar-refractivity contribution in [1.82, 2.24) is 4.90 Å². The van der Waals surface area contributed by atoms with Crippen molar-refractivity contribution in [3.8, 4) is 0 Å². The second kappa shape index (κ2) is 3.62. The summed E-state index contributed by atoms with van der Waals surface area (Å²) in [6.45, 7) is 2.17. The first-order valence-electron chi connectivity index (χ1n) is 5.86. The lowest BCUT2D eigenvalue weighted by molar-refractivity contribution is 0.00603. The molecule has 2 aliphatic rings. The number of rotatable bonds is 0. The van der Waals surface area contributed by atoms with E-state index in [1.54, 1.807) is 0 Å². The Hall–Kier alpha value is -0.860. The number of hydrogen-bond acceptors (Lipinski definition) is 2. The molecule has 3 rings (SSSR count). The molecule has 0 aromatic heterocycles. The fourth-order valence-electron chi connectivity index (χ4n) is 2.96. The highest BCUT2D eigenvalue weighted by Gasteiger charge is 2.34. The van der Waals surface area contributed by atoms with Crippen molar-refractivity contribution in [1.29, 1.82) is 0 Å². The van der Waals surface area contributed by atoms with Gasteiger partial charge in [0.2, 0.25) is 0 Å². The van der Waals surface area contributed by atoms with Crippen LogP contribution in [0.3, 0.4) is 0 Å². The molecule has 1 aromatic rings. The minimum absolute atomic E-state index is 0.268. The van der Waals surface area contributed by atoms with E-state index in [-0.39, 0.29) is 6.10 Å². The maximum atomic E-state index is 10.3. The zero-order valence-electron chi connectivity index (χ0n) is 8.89. The van der Waals surface area contributed by atoms with Crippen LogP contribution in [-0.4, -0.2) is 22.6 Å². The molecule has 0 amide bonds. The molecule has 2 atom stereocenters. The number of aliphatic hydroxyl groups is 1. The number of piperidine rings is 1. The molecule has 2 nitrogen and oxygen atoms in total. The van der Waals surface area contributed by atoms with Crippen molar-refractivity contribution in [2.45, 2.75) is 38.0 Å². The zero-order chi connectivity index (χ0) is 10.3. The highest BCUT2D eigenvalue weighted by Crippen LogP contribution is 2.35. The number of nitrogens with zero attached hydrogens (tertiary/aromatic N) is 1. The van der Waals surface area contributed by atoms with Crippen LogP contribution in [0.4, 0.5) is 0 Å². The molecule has 1 saturated heterocycles. The molecule has 1 N–H and O–H groups in total. The summed E-state index contributed by atoms with van der Waals surface area (Å²) in [6, 6.07) is 8.68. The van der Waals surface area contributed by atoms with E-state index in [4.69, 9.17) is 0 Å². The standard InChI is InChI=1S/C13H17NO/c15-13-11-6-2-1-5-10(11)9-14-8-4-3-7-12(13)14/h1-2,5-6,12-13,15H,3-4,7-9H2/t12-,13+/m0/s1. The predicted octanol–water partition coefficient (Wildman–Crippen LogP) is 2.09. The van der Waals surface area contributed by atoms with Gasteiger partial charge in [0.25, 0.3) is 0 Å². The SMILES string of the molecule is O[C@@H]1c2ccccc2CN2CCCC[C@@H]12. The van der Waals surface area contributed by atoms with Gasteiger partial charge < -0.3 is 5.11 Å². The fourth-order valence-corrected chi connectivity index (χ4v) is 2.96. The number of hydrogen-bond donors (Lipinski definition) is 1. The van der Waals surface area contributed by atoms with Gasteiger partial charge in [0.1, 0.15) is 0 Å². The minimum atomic E-state index is -0.268. The van der Waals surface area contributed by atoms with Crippen LogP contribution < -0.4 is 0 Å². The maximum absolute atomic E-state index is 10.3. The van der Waals surface area contributed by atoms with Crippen LogP contribution in [0.15, 0.2) is 24.3 Å². The van der Waals surface area contributed by atoms with Gasteiger partial charge in [0.05, 0.1) is 6.10 Å². The van der Waals surface area contributed by atoms with Crippen molar-refractivity contribution in [3.63, 3.8) is 0 Å².